The summed E-state index contributed by atoms with van der Waals surface area (Å²) in [6.07, 6.45) is 9.83. The maximum absolute atomic E-state index is 12.9. The Bertz CT molecular complexity index is 1060. The Kier molecular flexibility index (Phi) is 16.9. The highest BCUT2D eigenvalue weighted by Gasteiger charge is 2.37. The number of carboxylic acid groups (broad SMARTS) is 1. The van der Waals surface area contributed by atoms with Crippen LogP contribution in [-0.2, 0) is 44.5 Å². The Labute approximate surface area is 262 Å². The average Bonchev–Trinajstić information content (AvgIpc) is 2.96. The second kappa shape index (κ2) is 19.5. The predicted molar refractivity (Wildman–Crippen MR) is 168 cm³/mol. The first-order valence-electron chi connectivity index (χ1n) is 16.0. The van der Waals surface area contributed by atoms with E-state index < -0.39 is 44.6 Å². The molecule has 1 heterocycles. The smallest absolute Gasteiger partial charge is 0.472 e. The van der Waals surface area contributed by atoms with E-state index in [9.17, 15) is 19.0 Å². The molecule has 1 aromatic carbocycles. The van der Waals surface area contributed by atoms with Crippen molar-refractivity contribution in [2.45, 2.75) is 128 Å². The van der Waals surface area contributed by atoms with Crippen molar-refractivity contribution in [3.05, 3.63) is 29.3 Å². The van der Waals surface area contributed by atoms with Crippen LogP contribution in [0.2, 0.25) is 0 Å². The van der Waals surface area contributed by atoms with Gasteiger partial charge in [-0.25, -0.2) is 4.57 Å². The van der Waals surface area contributed by atoms with Crippen LogP contribution in [0.1, 0.15) is 109 Å². The molecule has 1 aliphatic rings. The summed E-state index contributed by atoms with van der Waals surface area (Å²) in [4.78, 5) is 33.8. The second-order valence-electron chi connectivity index (χ2n) is 12.5. The fraction of sp³-hybridized carbons (Fsp3) is 0.750. The number of phosphoric acid groups is 1. The third-order valence-electron chi connectivity index (χ3n) is 7.56. The van der Waals surface area contributed by atoms with Crippen LogP contribution in [0.4, 0.5) is 0 Å². The summed E-state index contributed by atoms with van der Waals surface area (Å²) >= 11 is 0. The number of phosphoric ester groups is 1. The lowest BCUT2D eigenvalue weighted by molar-refractivity contribution is -0.166. The van der Waals surface area contributed by atoms with Gasteiger partial charge in [0.1, 0.15) is 17.9 Å². The van der Waals surface area contributed by atoms with Crippen molar-refractivity contribution in [1.29, 1.82) is 0 Å². The summed E-state index contributed by atoms with van der Waals surface area (Å²) in [5.41, 5.74) is 7.30. The number of rotatable bonds is 21. The van der Waals surface area contributed by atoms with Gasteiger partial charge < -0.3 is 29.9 Å². The van der Waals surface area contributed by atoms with Gasteiger partial charge in [0.25, 0.3) is 0 Å². The molecular formula is C32H54NO10P. The van der Waals surface area contributed by atoms with E-state index in [-0.39, 0.29) is 31.5 Å². The summed E-state index contributed by atoms with van der Waals surface area (Å²) in [6.45, 7) is 8.73. The highest BCUT2D eigenvalue weighted by Crippen LogP contribution is 2.46. The Morgan fingerprint density at radius 3 is 2.36 bits per heavy atom. The van der Waals surface area contributed by atoms with E-state index >= 15 is 0 Å². The van der Waals surface area contributed by atoms with Crippen LogP contribution in [0, 0.1) is 0 Å². The maximum atomic E-state index is 12.9. The molecule has 1 aromatic rings. The van der Waals surface area contributed by atoms with Gasteiger partial charge in [0.2, 0.25) is 0 Å². The van der Waals surface area contributed by atoms with E-state index in [1.165, 1.54) is 44.9 Å². The largest absolute Gasteiger partial charge is 0.493 e. The summed E-state index contributed by atoms with van der Waals surface area (Å²) in [5.74, 6) is -1.14. The lowest BCUT2D eigenvalue weighted by atomic mass is 9.85. The van der Waals surface area contributed by atoms with E-state index in [4.69, 9.17) is 34.1 Å². The molecule has 0 amide bonds. The van der Waals surface area contributed by atoms with Crippen LogP contribution in [0.5, 0.6) is 5.75 Å². The number of carbonyl (C=O) groups excluding carboxylic acids is 1. The molecule has 12 heteroatoms. The molecule has 0 bridgehead atoms. The summed E-state index contributed by atoms with van der Waals surface area (Å²) in [6, 6.07) is 4.63. The van der Waals surface area contributed by atoms with Crippen molar-refractivity contribution in [3.63, 3.8) is 0 Å². The quantitative estimate of drug-likeness (QED) is 0.0809. The number of carboxylic acids is 1. The molecule has 11 nitrogen and oxygen atoms in total. The third kappa shape index (κ3) is 14.8. The molecule has 1 saturated heterocycles. The number of esters is 1. The lowest BCUT2D eigenvalue weighted by Crippen LogP contribution is -2.42. The van der Waals surface area contributed by atoms with E-state index in [1.54, 1.807) is 0 Å². The zero-order chi connectivity index (χ0) is 32.6. The molecule has 0 spiro atoms. The monoisotopic (exact) mass is 643 g/mol. The zero-order valence-electron chi connectivity index (χ0n) is 27.0. The van der Waals surface area contributed by atoms with Crippen molar-refractivity contribution in [1.82, 2.24) is 0 Å². The SMILES string of the molecule is CCCCCCCCCCCOc1ccc(C(C)(C)C)cc1CCC(=O)O[C@@H]1COCC[C@H]1OP(=O)(O)OC[C@H](N)C(=O)O. The molecule has 2 rings (SSSR count). The fourth-order valence-electron chi connectivity index (χ4n) is 4.81. The number of aryl methyl sites for hydroxylation is 1. The van der Waals surface area contributed by atoms with Gasteiger partial charge >= 0.3 is 19.8 Å². The maximum Gasteiger partial charge on any atom is 0.472 e. The highest BCUT2D eigenvalue weighted by molar-refractivity contribution is 7.47. The minimum Gasteiger partial charge on any atom is -0.493 e. The number of nitrogens with two attached hydrogens (primary N) is 1. The molecular weight excluding hydrogens is 589 g/mol. The van der Waals surface area contributed by atoms with Crippen LogP contribution >= 0.6 is 7.82 Å². The summed E-state index contributed by atoms with van der Waals surface area (Å²) in [7, 11) is -4.66. The molecule has 4 N–H and O–H groups in total. The number of benzene rings is 1. The van der Waals surface area contributed by atoms with Gasteiger partial charge in [-0.3, -0.25) is 18.6 Å². The van der Waals surface area contributed by atoms with Crippen molar-refractivity contribution in [2.75, 3.05) is 26.4 Å². The number of unbranched alkanes of at least 4 members (excludes halogenated alkanes) is 8. The Morgan fingerprint density at radius 2 is 1.73 bits per heavy atom. The molecule has 252 valence electrons. The average molecular weight is 644 g/mol. The van der Waals surface area contributed by atoms with Crippen LogP contribution < -0.4 is 10.5 Å². The molecule has 0 radical (unpaired) electrons. The van der Waals surface area contributed by atoms with Crippen molar-refractivity contribution >= 4 is 19.8 Å². The molecule has 1 unspecified atom stereocenters. The van der Waals surface area contributed by atoms with Gasteiger partial charge in [0.15, 0.2) is 6.10 Å². The number of hydrogen-bond donors (Lipinski definition) is 3. The fourth-order valence-corrected chi connectivity index (χ4v) is 5.80. The number of carbonyl (C=O) groups is 2. The van der Waals surface area contributed by atoms with E-state index in [0.29, 0.717) is 13.0 Å². The van der Waals surface area contributed by atoms with Gasteiger partial charge in [-0.05, 0) is 35.4 Å². The van der Waals surface area contributed by atoms with Crippen LogP contribution in [0.3, 0.4) is 0 Å². The van der Waals surface area contributed by atoms with Crippen molar-refractivity contribution in [2.24, 2.45) is 5.73 Å². The van der Waals surface area contributed by atoms with E-state index in [1.807, 2.05) is 6.07 Å². The lowest BCUT2D eigenvalue weighted by Gasteiger charge is -2.31. The first-order chi connectivity index (χ1) is 20.8. The van der Waals surface area contributed by atoms with Gasteiger partial charge in [-0.1, -0.05) is 91.2 Å². The van der Waals surface area contributed by atoms with E-state index in [0.717, 1.165) is 29.7 Å². The van der Waals surface area contributed by atoms with Gasteiger partial charge in [-0.15, -0.1) is 0 Å². The molecule has 44 heavy (non-hydrogen) atoms. The molecule has 0 aliphatic carbocycles. The van der Waals surface area contributed by atoms with Gasteiger partial charge in [0.05, 0.1) is 19.8 Å². The first kappa shape index (κ1) is 38.2. The number of hydrogen-bond acceptors (Lipinski definition) is 9. The van der Waals surface area contributed by atoms with Crippen LogP contribution in [-0.4, -0.2) is 66.6 Å². The Hall–Kier alpha value is -2.01. The van der Waals surface area contributed by atoms with E-state index in [2.05, 4.69) is 39.8 Å². The second-order valence-corrected chi connectivity index (χ2v) is 13.9. The van der Waals surface area contributed by atoms with Crippen molar-refractivity contribution < 1.29 is 47.4 Å². The first-order valence-corrected chi connectivity index (χ1v) is 17.5. The number of ether oxygens (including phenoxy) is 3. The Balaban J connectivity index is 1.91. The highest BCUT2D eigenvalue weighted by atomic mass is 31.2. The normalized spacial score (nSPS) is 19.2. The van der Waals surface area contributed by atoms with Crippen LogP contribution in [0.15, 0.2) is 18.2 Å². The predicted octanol–water partition coefficient (Wildman–Crippen LogP) is 6.07. The minimum atomic E-state index is -4.66. The molecule has 0 saturated carbocycles. The van der Waals surface area contributed by atoms with Gasteiger partial charge in [-0.2, -0.15) is 0 Å². The molecule has 0 aromatic heterocycles. The summed E-state index contributed by atoms with van der Waals surface area (Å²) < 4.78 is 39.5. The third-order valence-corrected chi connectivity index (χ3v) is 8.57. The van der Waals surface area contributed by atoms with Gasteiger partial charge in [0, 0.05) is 19.4 Å². The molecule has 1 fully saturated rings. The standard InChI is InChI=1S/C32H54NO10P/c1-5-6-7-8-9-10-11-12-13-19-40-27-16-15-25(32(2,3)4)21-24(27)14-17-30(34)42-29-23-39-20-18-28(29)43-44(37,38)41-22-26(33)31(35)36/h15-16,21,26,28-29H,5-14,17-20,22-23,33H2,1-4H3,(H,35,36)(H,37,38)/t26-,28+,29+/m0/s1. The van der Waals surface area contributed by atoms with Crippen LogP contribution in [0.25, 0.3) is 0 Å². The number of aliphatic carboxylic acids is 1. The zero-order valence-corrected chi connectivity index (χ0v) is 27.9. The molecule has 1 aliphatic heterocycles. The Morgan fingerprint density at radius 1 is 1.07 bits per heavy atom. The van der Waals surface area contributed by atoms with Crippen molar-refractivity contribution in [3.8, 4) is 5.75 Å². The molecule has 4 atom stereocenters. The topological polar surface area (TPSA) is 164 Å². The summed E-state index contributed by atoms with van der Waals surface area (Å²) in [5, 5.41) is 8.86. The minimum absolute atomic E-state index is 0.0162.